The third-order valence-electron chi connectivity index (χ3n) is 3.95. The average Bonchev–Trinajstić information content (AvgIpc) is 3.20. The van der Waals surface area contributed by atoms with Crippen LogP contribution in [-0.2, 0) is 16.1 Å². The number of nitrogens with one attached hydrogen (secondary N) is 1. The van der Waals surface area contributed by atoms with E-state index in [4.69, 9.17) is 0 Å². The van der Waals surface area contributed by atoms with Crippen LogP contribution in [0.25, 0.3) is 16.8 Å². The number of aromatic nitrogens is 4. The Morgan fingerprint density at radius 1 is 1.00 bits per heavy atom. The van der Waals surface area contributed by atoms with Crippen LogP contribution in [0.4, 0.5) is 5.69 Å². The Bertz CT molecular complexity index is 1140. The quantitative estimate of drug-likeness (QED) is 0.498. The van der Waals surface area contributed by atoms with Gasteiger partial charge in [-0.2, -0.15) is 0 Å². The zero-order valence-corrected chi connectivity index (χ0v) is 14.9. The van der Waals surface area contributed by atoms with Gasteiger partial charge in [-0.05, 0) is 24.3 Å². The molecule has 8 nitrogen and oxygen atoms in total. The number of carboxylic acids is 1. The Labute approximate surface area is 157 Å². The molecule has 2 aromatic carbocycles. The number of imidazole rings is 1. The average molecular weight is 381 g/mol. The van der Waals surface area contributed by atoms with Crippen LogP contribution >= 0.6 is 11.8 Å². The standard InChI is InChI=1S/C18H15N5O3S/c24-15(19-12-6-2-1-3-7-12)11-27-18-21-20-17-22(10-16(25)26)13-8-4-5-9-14(13)23(17)18/h1-9H,10-11H2,(H,19,24)(H,25,26). The lowest BCUT2D eigenvalue weighted by molar-refractivity contribution is -0.137. The summed E-state index contributed by atoms with van der Waals surface area (Å²) in [7, 11) is 0. The molecule has 0 spiro atoms. The molecule has 2 N–H and O–H groups in total. The molecular weight excluding hydrogens is 366 g/mol. The Morgan fingerprint density at radius 3 is 2.44 bits per heavy atom. The van der Waals surface area contributed by atoms with Gasteiger partial charge in [0.15, 0.2) is 5.16 Å². The molecule has 0 aliphatic carbocycles. The van der Waals surface area contributed by atoms with Crippen LogP contribution in [0.3, 0.4) is 0 Å². The maximum atomic E-state index is 12.2. The lowest BCUT2D eigenvalue weighted by Crippen LogP contribution is -2.14. The predicted molar refractivity (Wildman–Crippen MR) is 102 cm³/mol. The molecule has 9 heteroatoms. The molecule has 0 bridgehead atoms. The van der Waals surface area contributed by atoms with Gasteiger partial charge in [0.1, 0.15) is 6.54 Å². The minimum atomic E-state index is -0.960. The van der Waals surface area contributed by atoms with E-state index in [9.17, 15) is 14.7 Å². The van der Waals surface area contributed by atoms with E-state index in [1.54, 1.807) is 8.97 Å². The second kappa shape index (κ2) is 7.12. The fourth-order valence-corrected chi connectivity index (χ4v) is 3.61. The third kappa shape index (κ3) is 3.36. The van der Waals surface area contributed by atoms with Gasteiger partial charge in [-0.15, -0.1) is 10.2 Å². The van der Waals surface area contributed by atoms with E-state index in [2.05, 4.69) is 15.5 Å². The summed E-state index contributed by atoms with van der Waals surface area (Å²) in [5.74, 6) is -0.520. The third-order valence-corrected chi connectivity index (χ3v) is 4.88. The van der Waals surface area contributed by atoms with Crippen molar-refractivity contribution in [1.29, 1.82) is 0 Å². The number of hydrogen-bond donors (Lipinski definition) is 2. The highest BCUT2D eigenvalue weighted by atomic mass is 32.2. The number of thioether (sulfide) groups is 1. The van der Waals surface area contributed by atoms with E-state index in [-0.39, 0.29) is 18.2 Å². The van der Waals surface area contributed by atoms with Crippen molar-refractivity contribution in [2.24, 2.45) is 0 Å². The molecule has 4 aromatic rings. The lowest BCUT2D eigenvalue weighted by Gasteiger charge is -2.03. The number of amides is 1. The monoisotopic (exact) mass is 381 g/mol. The number of aliphatic carboxylic acids is 1. The van der Waals surface area contributed by atoms with Crippen molar-refractivity contribution in [3.63, 3.8) is 0 Å². The topological polar surface area (TPSA) is 102 Å². The van der Waals surface area contributed by atoms with E-state index in [1.165, 1.54) is 11.8 Å². The molecule has 4 rings (SSSR count). The first-order valence-corrected chi connectivity index (χ1v) is 9.14. The normalized spacial score (nSPS) is 11.1. The van der Waals surface area contributed by atoms with Gasteiger partial charge in [0.25, 0.3) is 0 Å². The molecule has 0 aliphatic heterocycles. The summed E-state index contributed by atoms with van der Waals surface area (Å²) in [6.07, 6.45) is 0. The molecule has 0 aliphatic rings. The maximum absolute atomic E-state index is 12.2. The fourth-order valence-electron chi connectivity index (χ4n) is 2.87. The molecule has 0 saturated heterocycles. The van der Waals surface area contributed by atoms with Crippen LogP contribution < -0.4 is 5.32 Å². The number of carbonyl (C=O) groups excluding carboxylic acids is 1. The maximum Gasteiger partial charge on any atom is 0.323 e. The number of carbonyl (C=O) groups is 2. The molecule has 0 saturated carbocycles. The van der Waals surface area contributed by atoms with Crippen molar-refractivity contribution >= 4 is 46.1 Å². The smallest absolute Gasteiger partial charge is 0.323 e. The molecule has 1 amide bonds. The number of benzene rings is 2. The molecule has 0 radical (unpaired) electrons. The largest absolute Gasteiger partial charge is 0.480 e. The van der Waals surface area contributed by atoms with Crippen molar-refractivity contribution < 1.29 is 14.7 Å². The number of para-hydroxylation sites is 3. The van der Waals surface area contributed by atoms with Gasteiger partial charge in [0.05, 0.1) is 16.8 Å². The van der Waals surface area contributed by atoms with E-state index < -0.39 is 5.97 Å². The van der Waals surface area contributed by atoms with Gasteiger partial charge in [-0.1, -0.05) is 42.1 Å². The van der Waals surface area contributed by atoms with Crippen LogP contribution in [-0.4, -0.2) is 41.9 Å². The molecule has 2 heterocycles. The van der Waals surface area contributed by atoms with Gasteiger partial charge in [0, 0.05) is 5.69 Å². The van der Waals surface area contributed by atoms with Crippen LogP contribution in [0, 0.1) is 0 Å². The minimum absolute atomic E-state index is 0.155. The van der Waals surface area contributed by atoms with Crippen LogP contribution in [0.15, 0.2) is 59.8 Å². The van der Waals surface area contributed by atoms with Crippen molar-refractivity contribution in [2.45, 2.75) is 11.7 Å². The second-order valence-electron chi connectivity index (χ2n) is 5.79. The summed E-state index contributed by atoms with van der Waals surface area (Å²) in [5.41, 5.74) is 2.28. The molecule has 27 heavy (non-hydrogen) atoms. The minimum Gasteiger partial charge on any atom is -0.480 e. The Hall–Kier alpha value is -3.33. The van der Waals surface area contributed by atoms with Gasteiger partial charge in [-0.25, -0.2) is 0 Å². The van der Waals surface area contributed by atoms with Crippen molar-refractivity contribution in [1.82, 2.24) is 19.2 Å². The Morgan fingerprint density at radius 2 is 1.70 bits per heavy atom. The summed E-state index contributed by atoms with van der Waals surface area (Å²) in [6.45, 7) is -0.214. The van der Waals surface area contributed by atoms with E-state index in [0.717, 1.165) is 16.7 Å². The van der Waals surface area contributed by atoms with E-state index in [0.29, 0.717) is 10.9 Å². The first-order chi connectivity index (χ1) is 13.1. The highest BCUT2D eigenvalue weighted by Crippen LogP contribution is 2.25. The SMILES string of the molecule is O=C(O)Cn1c2ccccc2n2c(SCC(=O)Nc3ccccc3)nnc12. The summed E-state index contributed by atoms with van der Waals surface area (Å²) in [5, 5.41) is 20.8. The molecule has 2 aromatic heterocycles. The Balaban J connectivity index is 1.61. The van der Waals surface area contributed by atoms with Crippen LogP contribution in [0.5, 0.6) is 0 Å². The molecule has 0 atom stereocenters. The molecular formula is C18H15N5O3S. The lowest BCUT2D eigenvalue weighted by atomic mass is 10.3. The van der Waals surface area contributed by atoms with Crippen LogP contribution in [0.2, 0.25) is 0 Å². The van der Waals surface area contributed by atoms with Crippen molar-refractivity contribution in [3.05, 3.63) is 54.6 Å². The van der Waals surface area contributed by atoms with Crippen molar-refractivity contribution in [3.8, 4) is 0 Å². The van der Waals surface area contributed by atoms with Gasteiger partial charge < -0.3 is 10.4 Å². The van der Waals surface area contributed by atoms with E-state index in [1.807, 2.05) is 54.6 Å². The molecule has 136 valence electrons. The van der Waals surface area contributed by atoms with Gasteiger partial charge >= 0.3 is 5.97 Å². The highest BCUT2D eigenvalue weighted by Gasteiger charge is 2.19. The number of rotatable bonds is 6. The number of carboxylic acid groups (broad SMARTS) is 1. The van der Waals surface area contributed by atoms with Gasteiger partial charge in [-0.3, -0.25) is 18.6 Å². The fraction of sp³-hybridized carbons (Fsp3) is 0.111. The first-order valence-electron chi connectivity index (χ1n) is 8.15. The highest BCUT2D eigenvalue weighted by molar-refractivity contribution is 7.99. The first kappa shape index (κ1) is 17.1. The van der Waals surface area contributed by atoms with Crippen LogP contribution in [0.1, 0.15) is 0 Å². The summed E-state index contributed by atoms with van der Waals surface area (Å²) in [6, 6.07) is 16.6. The van der Waals surface area contributed by atoms with E-state index >= 15 is 0 Å². The van der Waals surface area contributed by atoms with Crippen molar-refractivity contribution in [2.75, 3.05) is 11.1 Å². The number of hydrogen-bond acceptors (Lipinski definition) is 5. The zero-order chi connectivity index (χ0) is 18.8. The second-order valence-corrected chi connectivity index (χ2v) is 6.73. The summed E-state index contributed by atoms with van der Waals surface area (Å²) >= 11 is 1.25. The number of fused-ring (bicyclic) bond motifs is 3. The number of anilines is 1. The zero-order valence-electron chi connectivity index (χ0n) is 14.1. The summed E-state index contributed by atoms with van der Waals surface area (Å²) < 4.78 is 3.37. The Kier molecular flexibility index (Phi) is 4.51. The molecule has 0 unspecified atom stereocenters. The summed E-state index contributed by atoms with van der Waals surface area (Å²) in [4.78, 5) is 23.4. The predicted octanol–water partition coefficient (Wildman–Crippen LogP) is 2.50. The number of nitrogens with zero attached hydrogens (tertiary/aromatic N) is 4. The molecule has 0 fully saturated rings. The van der Waals surface area contributed by atoms with Gasteiger partial charge in [0.2, 0.25) is 11.7 Å².